The average Bonchev–Trinajstić information content (AvgIpc) is 2.80. The summed E-state index contributed by atoms with van der Waals surface area (Å²) in [5.74, 6) is 0. The highest BCUT2D eigenvalue weighted by molar-refractivity contribution is 6.63. The fourth-order valence-electron chi connectivity index (χ4n) is 3.39. The molecular weight excluding hydrogens is 284 g/mol. The van der Waals surface area contributed by atoms with Crippen LogP contribution < -0.4 is 0 Å². The van der Waals surface area contributed by atoms with E-state index in [1.165, 1.54) is 56.2 Å². The lowest BCUT2D eigenvalue weighted by molar-refractivity contribution is -0.111. The summed E-state index contributed by atoms with van der Waals surface area (Å²) in [4.78, 5) is 11.1. The highest BCUT2D eigenvalue weighted by Crippen LogP contribution is 2.31. The summed E-state index contributed by atoms with van der Waals surface area (Å²) < 4.78 is 2.25. The van der Waals surface area contributed by atoms with Gasteiger partial charge in [-0.05, 0) is 56.2 Å². The van der Waals surface area contributed by atoms with Crippen LogP contribution in [0.1, 0.15) is 81.3 Å². The van der Waals surface area contributed by atoms with Gasteiger partial charge in [-0.3, -0.25) is 9.48 Å². The van der Waals surface area contributed by atoms with Crippen molar-refractivity contribution in [3.8, 4) is 0 Å². The maximum atomic E-state index is 11.1. The number of nitrogens with zero attached hydrogens (tertiary/aromatic N) is 2. The van der Waals surface area contributed by atoms with Gasteiger partial charge in [0, 0.05) is 12.1 Å². The third kappa shape index (κ3) is 4.32. The van der Waals surface area contributed by atoms with Crippen molar-refractivity contribution in [3.05, 3.63) is 17.0 Å². The van der Waals surface area contributed by atoms with E-state index in [2.05, 4.69) is 18.5 Å². The van der Waals surface area contributed by atoms with E-state index >= 15 is 0 Å². The van der Waals surface area contributed by atoms with Crippen molar-refractivity contribution in [1.82, 2.24) is 9.78 Å². The minimum absolute atomic E-state index is 0.263. The summed E-state index contributed by atoms with van der Waals surface area (Å²) >= 11 is 5.51. The van der Waals surface area contributed by atoms with E-state index in [-0.39, 0.29) is 5.24 Å². The fraction of sp³-hybridized carbons (Fsp3) is 0.765. The van der Waals surface area contributed by atoms with Gasteiger partial charge in [-0.25, -0.2) is 0 Å². The highest BCUT2D eigenvalue weighted by atomic mass is 35.5. The largest absolute Gasteiger partial charge is 0.281 e. The summed E-state index contributed by atoms with van der Waals surface area (Å²) in [5.41, 5.74) is 3.77. The molecule has 1 aliphatic carbocycles. The zero-order chi connectivity index (χ0) is 15.2. The number of carbonyl (C=O) groups excluding carboxylic acids is 1. The van der Waals surface area contributed by atoms with Crippen LogP contribution in [-0.4, -0.2) is 15.0 Å². The van der Waals surface area contributed by atoms with Crippen LogP contribution in [0.25, 0.3) is 0 Å². The summed E-state index contributed by atoms with van der Waals surface area (Å²) in [7, 11) is 0. The SMILES string of the molecule is CCCCc1c(CCC(=O)Cl)nn(C2CCCCC2)c1C. The molecule has 1 aliphatic rings. The monoisotopic (exact) mass is 310 g/mol. The predicted octanol–water partition coefficient (Wildman–Crippen LogP) is 4.74. The van der Waals surface area contributed by atoms with Crippen molar-refractivity contribution < 1.29 is 4.79 Å². The molecule has 0 atom stereocenters. The molecule has 0 radical (unpaired) electrons. The van der Waals surface area contributed by atoms with Gasteiger partial charge in [-0.1, -0.05) is 32.6 Å². The quantitative estimate of drug-likeness (QED) is 0.682. The molecule has 4 heteroatoms. The van der Waals surface area contributed by atoms with Crippen molar-refractivity contribution in [2.45, 2.75) is 84.1 Å². The van der Waals surface area contributed by atoms with Crippen LogP contribution >= 0.6 is 11.6 Å². The summed E-state index contributed by atoms with van der Waals surface area (Å²) in [6, 6.07) is 0.555. The Balaban J connectivity index is 2.21. The number of halogens is 1. The molecule has 0 aromatic carbocycles. The molecule has 2 rings (SSSR count). The number of unbranched alkanes of at least 4 members (excludes halogenated alkanes) is 1. The van der Waals surface area contributed by atoms with Gasteiger partial charge in [-0.2, -0.15) is 5.10 Å². The second kappa shape index (κ2) is 7.98. The van der Waals surface area contributed by atoms with Crippen LogP contribution in [0.15, 0.2) is 0 Å². The van der Waals surface area contributed by atoms with E-state index in [1.807, 2.05) is 0 Å². The van der Waals surface area contributed by atoms with Gasteiger partial charge in [0.15, 0.2) is 0 Å². The molecule has 0 bridgehead atoms. The first-order chi connectivity index (χ1) is 10.1. The molecular formula is C17H27ClN2O. The average molecular weight is 311 g/mol. The zero-order valence-electron chi connectivity index (χ0n) is 13.3. The van der Waals surface area contributed by atoms with Crippen LogP contribution in [0.5, 0.6) is 0 Å². The third-order valence-electron chi connectivity index (χ3n) is 4.62. The van der Waals surface area contributed by atoms with Gasteiger partial charge in [-0.15, -0.1) is 0 Å². The lowest BCUT2D eigenvalue weighted by Crippen LogP contribution is -2.15. The van der Waals surface area contributed by atoms with Crippen LogP contribution in [0, 0.1) is 6.92 Å². The summed E-state index contributed by atoms with van der Waals surface area (Å²) in [5, 5.41) is 4.60. The fourth-order valence-corrected chi connectivity index (χ4v) is 3.48. The minimum atomic E-state index is -0.263. The van der Waals surface area contributed by atoms with E-state index in [1.54, 1.807) is 0 Å². The van der Waals surface area contributed by atoms with E-state index in [0.717, 1.165) is 12.1 Å². The van der Waals surface area contributed by atoms with Gasteiger partial charge in [0.25, 0.3) is 0 Å². The first kappa shape index (κ1) is 16.5. The molecule has 1 heterocycles. The van der Waals surface area contributed by atoms with Crippen molar-refractivity contribution in [3.63, 3.8) is 0 Å². The van der Waals surface area contributed by atoms with E-state index < -0.39 is 0 Å². The molecule has 1 saturated carbocycles. The molecule has 0 amide bonds. The number of aromatic nitrogens is 2. The van der Waals surface area contributed by atoms with E-state index in [0.29, 0.717) is 18.9 Å². The Morgan fingerprint density at radius 2 is 2.00 bits per heavy atom. The molecule has 0 N–H and O–H groups in total. The van der Waals surface area contributed by atoms with Crippen LogP contribution in [0.3, 0.4) is 0 Å². The first-order valence-corrected chi connectivity index (χ1v) is 8.76. The molecule has 3 nitrogen and oxygen atoms in total. The Labute approximate surface area is 133 Å². The maximum absolute atomic E-state index is 11.1. The topological polar surface area (TPSA) is 34.9 Å². The first-order valence-electron chi connectivity index (χ1n) is 8.38. The Bertz CT molecular complexity index is 475. The number of rotatable bonds is 7. The van der Waals surface area contributed by atoms with Gasteiger partial charge in [0.1, 0.15) is 0 Å². The molecule has 1 aromatic heterocycles. The summed E-state index contributed by atoms with van der Waals surface area (Å²) in [6.45, 7) is 4.40. The Morgan fingerprint density at radius 1 is 1.29 bits per heavy atom. The van der Waals surface area contributed by atoms with Crippen LogP contribution in [0.4, 0.5) is 0 Å². The molecule has 0 unspecified atom stereocenters. The second-order valence-electron chi connectivity index (χ2n) is 6.21. The van der Waals surface area contributed by atoms with Crippen LogP contribution in [-0.2, 0) is 17.6 Å². The van der Waals surface area contributed by atoms with Crippen molar-refractivity contribution in [2.24, 2.45) is 0 Å². The third-order valence-corrected chi connectivity index (χ3v) is 4.81. The van der Waals surface area contributed by atoms with Gasteiger partial charge < -0.3 is 0 Å². The van der Waals surface area contributed by atoms with Crippen molar-refractivity contribution in [1.29, 1.82) is 0 Å². The zero-order valence-corrected chi connectivity index (χ0v) is 14.1. The van der Waals surface area contributed by atoms with Crippen molar-refractivity contribution >= 4 is 16.8 Å². The maximum Gasteiger partial charge on any atom is 0.222 e. The molecule has 0 aliphatic heterocycles. The normalized spacial score (nSPS) is 16.3. The molecule has 0 spiro atoms. The minimum Gasteiger partial charge on any atom is -0.281 e. The summed E-state index contributed by atoms with van der Waals surface area (Å²) in [6.07, 6.45) is 11.0. The standard InChI is InChI=1S/C17H27ClN2O/c1-3-4-10-15-13(2)20(14-8-6-5-7-9-14)19-16(15)11-12-17(18)21/h14H,3-12H2,1-2H3. The lowest BCUT2D eigenvalue weighted by atomic mass is 9.95. The van der Waals surface area contributed by atoms with Crippen molar-refractivity contribution in [2.75, 3.05) is 0 Å². The Morgan fingerprint density at radius 3 is 2.62 bits per heavy atom. The smallest absolute Gasteiger partial charge is 0.222 e. The highest BCUT2D eigenvalue weighted by Gasteiger charge is 2.22. The van der Waals surface area contributed by atoms with E-state index in [4.69, 9.17) is 16.7 Å². The number of aryl methyl sites for hydroxylation is 1. The number of carbonyl (C=O) groups is 1. The second-order valence-corrected chi connectivity index (χ2v) is 6.63. The molecule has 1 fully saturated rings. The lowest BCUT2D eigenvalue weighted by Gasteiger charge is -2.23. The molecule has 1 aromatic rings. The Kier molecular flexibility index (Phi) is 6.28. The number of hydrogen-bond acceptors (Lipinski definition) is 2. The van der Waals surface area contributed by atoms with Gasteiger partial charge >= 0.3 is 0 Å². The predicted molar refractivity (Wildman–Crippen MR) is 86.9 cm³/mol. The van der Waals surface area contributed by atoms with Gasteiger partial charge in [0.05, 0.1) is 11.7 Å². The molecule has 0 saturated heterocycles. The van der Waals surface area contributed by atoms with Crippen LogP contribution in [0.2, 0.25) is 0 Å². The molecule has 118 valence electrons. The number of hydrogen-bond donors (Lipinski definition) is 0. The Hall–Kier alpha value is -0.830. The van der Waals surface area contributed by atoms with Gasteiger partial charge in [0.2, 0.25) is 5.24 Å². The molecule has 21 heavy (non-hydrogen) atoms. The van der Waals surface area contributed by atoms with E-state index in [9.17, 15) is 4.79 Å².